The van der Waals surface area contributed by atoms with Crippen LogP contribution in [0, 0.1) is 5.92 Å². The average Bonchev–Trinajstić information content (AvgIpc) is 3.22. The Morgan fingerprint density at radius 3 is 2.77 bits per heavy atom. The number of primary amides is 1. The molecule has 1 aliphatic heterocycles. The number of likely N-dealkylation sites (N-methyl/N-ethyl adjacent to an activating group) is 1. The molecular formula is C24H34N2O5. The minimum Gasteiger partial charge on any atom is -0.507 e. The van der Waals surface area contributed by atoms with Crippen molar-refractivity contribution in [1.82, 2.24) is 5.32 Å². The molecule has 4 atom stereocenters. The Morgan fingerprint density at radius 2 is 2.10 bits per heavy atom. The van der Waals surface area contributed by atoms with Gasteiger partial charge in [-0.15, -0.1) is 0 Å². The molecule has 31 heavy (non-hydrogen) atoms. The van der Waals surface area contributed by atoms with Crippen molar-refractivity contribution in [3.63, 3.8) is 0 Å². The Bertz CT molecular complexity index is 866. The molecule has 7 nitrogen and oxygen atoms in total. The Hall–Kier alpha value is -1.96. The van der Waals surface area contributed by atoms with E-state index in [0.29, 0.717) is 37.4 Å². The van der Waals surface area contributed by atoms with Crippen LogP contribution < -0.4 is 11.1 Å². The third kappa shape index (κ3) is 3.66. The molecule has 1 unspecified atom stereocenters. The lowest BCUT2D eigenvalue weighted by Crippen LogP contribution is -2.64. The second-order valence-corrected chi connectivity index (χ2v) is 9.57. The lowest BCUT2D eigenvalue weighted by atomic mass is 9.46. The molecule has 0 aromatic heterocycles. The summed E-state index contributed by atoms with van der Waals surface area (Å²) in [5, 5.41) is 25.3. The number of Topliss-reactive ketones (excluding diaryl/α,β-unsaturated/α-hetero) is 1. The van der Waals surface area contributed by atoms with E-state index in [-0.39, 0.29) is 29.4 Å². The van der Waals surface area contributed by atoms with E-state index in [1.54, 1.807) is 6.07 Å². The van der Waals surface area contributed by atoms with Crippen molar-refractivity contribution in [3.8, 4) is 5.75 Å². The van der Waals surface area contributed by atoms with Crippen LogP contribution in [0.25, 0.3) is 0 Å². The molecule has 0 radical (unpaired) electrons. The second-order valence-electron chi connectivity index (χ2n) is 9.57. The number of hydrogen-bond acceptors (Lipinski definition) is 6. The monoisotopic (exact) mass is 430 g/mol. The van der Waals surface area contributed by atoms with E-state index in [9.17, 15) is 19.8 Å². The Balaban J connectivity index is 0.000000245. The summed E-state index contributed by atoms with van der Waals surface area (Å²) in [6, 6.07) is 3.38. The molecule has 0 spiro atoms. The van der Waals surface area contributed by atoms with Gasteiger partial charge >= 0.3 is 0 Å². The van der Waals surface area contributed by atoms with Crippen LogP contribution in [0.5, 0.6) is 5.75 Å². The topological polar surface area (TPSA) is 122 Å². The van der Waals surface area contributed by atoms with Gasteiger partial charge in [0.2, 0.25) is 0 Å². The smallest absolute Gasteiger partial charge is 0.252 e. The van der Waals surface area contributed by atoms with Gasteiger partial charge < -0.3 is 26.0 Å². The van der Waals surface area contributed by atoms with Crippen LogP contribution in [0.1, 0.15) is 72.9 Å². The summed E-state index contributed by atoms with van der Waals surface area (Å²) in [6.07, 6.45) is 7.24. The van der Waals surface area contributed by atoms with Gasteiger partial charge in [-0.2, -0.15) is 0 Å². The SMILES string of the molecule is CNCC1CCCO1.NC(=O)c1ccc2c(c1O)[C@]13CCC[C@H](C2)[C@]1(O)CCC(=O)C3. The first kappa shape index (κ1) is 22.2. The molecule has 3 aliphatic carbocycles. The van der Waals surface area contributed by atoms with Gasteiger partial charge in [0.25, 0.3) is 5.91 Å². The quantitative estimate of drug-likeness (QED) is 0.582. The molecule has 170 valence electrons. The fraction of sp³-hybridized carbons (Fsp3) is 0.667. The summed E-state index contributed by atoms with van der Waals surface area (Å²) in [5.41, 5.74) is 5.24. The summed E-state index contributed by atoms with van der Waals surface area (Å²) in [7, 11) is 1.96. The van der Waals surface area contributed by atoms with E-state index in [2.05, 4.69) is 5.32 Å². The molecule has 7 heteroatoms. The number of amides is 1. The van der Waals surface area contributed by atoms with Crippen LogP contribution in [0.15, 0.2) is 12.1 Å². The molecule has 1 saturated heterocycles. The number of nitrogens with one attached hydrogen (secondary N) is 1. The van der Waals surface area contributed by atoms with Crippen LogP contribution in [0.3, 0.4) is 0 Å². The highest BCUT2D eigenvalue weighted by Crippen LogP contribution is 2.62. The number of ketones is 1. The number of aliphatic hydroxyl groups is 1. The molecule has 1 aromatic rings. The van der Waals surface area contributed by atoms with Gasteiger partial charge in [0, 0.05) is 37.0 Å². The zero-order valence-electron chi connectivity index (χ0n) is 18.3. The largest absolute Gasteiger partial charge is 0.507 e. The number of carbonyl (C=O) groups excluding carboxylic acids is 2. The van der Waals surface area contributed by atoms with E-state index in [4.69, 9.17) is 10.5 Å². The number of ether oxygens (including phenoxy) is 1. The summed E-state index contributed by atoms with van der Waals surface area (Å²) < 4.78 is 5.33. The maximum Gasteiger partial charge on any atom is 0.252 e. The van der Waals surface area contributed by atoms with Crippen molar-refractivity contribution < 1.29 is 24.5 Å². The summed E-state index contributed by atoms with van der Waals surface area (Å²) >= 11 is 0. The summed E-state index contributed by atoms with van der Waals surface area (Å²) in [6.45, 7) is 1.98. The van der Waals surface area contributed by atoms with Crippen LogP contribution in [-0.4, -0.2) is 53.8 Å². The number of aromatic hydroxyl groups is 1. The number of phenols is 1. The zero-order chi connectivity index (χ0) is 22.2. The number of nitrogens with two attached hydrogens (primary N) is 1. The molecule has 2 bridgehead atoms. The normalized spacial score (nSPS) is 33.7. The van der Waals surface area contributed by atoms with Crippen LogP contribution >= 0.6 is 0 Å². The Labute approximate surface area is 183 Å². The van der Waals surface area contributed by atoms with Crippen molar-refractivity contribution in [3.05, 3.63) is 28.8 Å². The molecule has 3 fully saturated rings. The summed E-state index contributed by atoms with van der Waals surface area (Å²) in [5.74, 6) is -0.600. The van der Waals surface area contributed by atoms with Gasteiger partial charge in [-0.25, -0.2) is 0 Å². The molecule has 1 aromatic carbocycles. The predicted molar refractivity (Wildman–Crippen MR) is 116 cm³/mol. The number of carbonyl (C=O) groups is 2. The first-order valence-electron chi connectivity index (χ1n) is 11.5. The van der Waals surface area contributed by atoms with Crippen molar-refractivity contribution in [1.29, 1.82) is 0 Å². The zero-order valence-corrected chi connectivity index (χ0v) is 18.3. The van der Waals surface area contributed by atoms with Gasteiger partial charge in [-0.3, -0.25) is 9.59 Å². The highest BCUT2D eigenvalue weighted by atomic mass is 16.5. The fourth-order valence-electron chi connectivity index (χ4n) is 6.47. The molecular weight excluding hydrogens is 396 g/mol. The minimum absolute atomic E-state index is 0.0718. The van der Waals surface area contributed by atoms with Gasteiger partial charge in [-0.1, -0.05) is 12.5 Å². The van der Waals surface area contributed by atoms with Gasteiger partial charge in [0.05, 0.1) is 17.3 Å². The Kier molecular flexibility index (Phi) is 6.12. The average molecular weight is 431 g/mol. The van der Waals surface area contributed by atoms with Crippen LogP contribution in [0.2, 0.25) is 0 Å². The third-order valence-electron chi connectivity index (χ3n) is 7.87. The molecule has 1 amide bonds. The van der Waals surface area contributed by atoms with Crippen molar-refractivity contribution in [2.45, 2.75) is 74.9 Å². The molecule has 1 heterocycles. The van der Waals surface area contributed by atoms with Crippen molar-refractivity contribution in [2.24, 2.45) is 11.7 Å². The lowest BCUT2D eigenvalue weighted by molar-refractivity contribution is -0.160. The number of hydrogen-bond donors (Lipinski definition) is 4. The highest BCUT2D eigenvalue weighted by molar-refractivity contribution is 5.96. The minimum atomic E-state index is -0.972. The fourth-order valence-corrected chi connectivity index (χ4v) is 6.47. The maximum atomic E-state index is 12.2. The second kappa shape index (κ2) is 8.52. The third-order valence-corrected chi connectivity index (χ3v) is 7.87. The number of benzene rings is 1. The van der Waals surface area contributed by atoms with Crippen molar-refractivity contribution in [2.75, 3.05) is 20.2 Å². The predicted octanol–water partition coefficient (Wildman–Crippen LogP) is 1.95. The summed E-state index contributed by atoms with van der Waals surface area (Å²) in [4.78, 5) is 23.8. The van der Waals surface area contributed by atoms with Crippen molar-refractivity contribution >= 4 is 11.7 Å². The van der Waals surface area contributed by atoms with E-state index < -0.39 is 16.9 Å². The van der Waals surface area contributed by atoms with Gasteiger partial charge in [0.15, 0.2) is 0 Å². The van der Waals surface area contributed by atoms with E-state index >= 15 is 0 Å². The molecule has 2 saturated carbocycles. The molecule has 4 aliphatic rings. The maximum absolute atomic E-state index is 12.2. The van der Waals surface area contributed by atoms with Gasteiger partial charge in [-0.05, 0) is 63.1 Å². The first-order valence-corrected chi connectivity index (χ1v) is 11.5. The Morgan fingerprint density at radius 1 is 1.29 bits per heavy atom. The standard InChI is InChI=1S/C18H21NO4.C6H13NO/c19-16(22)13-4-3-10-8-11-2-1-6-17(14(10)15(13)21)9-12(20)5-7-18(11,17)23;1-7-5-6-3-2-4-8-6/h3-4,11,21,23H,1-2,5-9H2,(H2,19,22);6-7H,2-5H2,1H3/t11-,17-,18-;/m1./s1. The van der Waals surface area contributed by atoms with Crippen LogP contribution in [0.4, 0.5) is 0 Å². The van der Waals surface area contributed by atoms with E-state index in [1.165, 1.54) is 12.8 Å². The first-order chi connectivity index (χ1) is 14.8. The number of rotatable bonds is 3. The lowest BCUT2D eigenvalue weighted by Gasteiger charge is -2.60. The van der Waals surface area contributed by atoms with E-state index in [0.717, 1.165) is 31.6 Å². The molecule has 5 N–H and O–H groups in total. The number of fused-ring (bicyclic) bond motifs is 1. The van der Waals surface area contributed by atoms with Crippen LogP contribution in [-0.2, 0) is 21.4 Å². The molecule has 5 rings (SSSR count). The highest BCUT2D eigenvalue weighted by Gasteiger charge is 2.63. The van der Waals surface area contributed by atoms with E-state index in [1.807, 2.05) is 13.1 Å². The van der Waals surface area contributed by atoms with Gasteiger partial charge in [0.1, 0.15) is 11.5 Å².